The number of amides is 2. The Morgan fingerprint density at radius 1 is 1.33 bits per heavy atom. The maximum atomic E-state index is 13.7. The third-order valence-electron chi connectivity index (χ3n) is 3.21. The van der Waals surface area contributed by atoms with Crippen molar-refractivity contribution in [1.82, 2.24) is 5.32 Å². The van der Waals surface area contributed by atoms with Crippen molar-refractivity contribution in [2.75, 3.05) is 23.7 Å². The summed E-state index contributed by atoms with van der Waals surface area (Å²) < 4.78 is 13.7. The number of anilines is 2. The van der Waals surface area contributed by atoms with E-state index in [1.807, 2.05) is 0 Å². The van der Waals surface area contributed by atoms with Crippen molar-refractivity contribution in [3.05, 3.63) is 24.0 Å². The van der Waals surface area contributed by atoms with E-state index in [9.17, 15) is 14.0 Å². The molecule has 0 bridgehead atoms. The second-order valence-electron chi connectivity index (χ2n) is 4.91. The standard InChI is InChI=1S/C14H18FN3O2.ClH/c1-9(19)17-11-4-5-12(15)13(7-11)18-14(20)10-3-2-6-16-8-10;/h4-5,7,10,16H,2-3,6,8H2,1H3,(H,17,19)(H,18,20);1H/t10-;/m1./s1. The summed E-state index contributed by atoms with van der Waals surface area (Å²) in [5, 5.41) is 8.29. The summed E-state index contributed by atoms with van der Waals surface area (Å²) in [6.45, 7) is 2.89. The van der Waals surface area contributed by atoms with Gasteiger partial charge in [0, 0.05) is 19.2 Å². The maximum absolute atomic E-state index is 13.7. The molecule has 1 aromatic carbocycles. The average molecular weight is 316 g/mol. The van der Waals surface area contributed by atoms with Gasteiger partial charge in [0.25, 0.3) is 0 Å². The summed E-state index contributed by atoms with van der Waals surface area (Å²) in [7, 11) is 0. The number of piperidine rings is 1. The third-order valence-corrected chi connectivity index (χ3v) is 3.21. The molecular formula is C14H19ClFN3O2. The lowest BCUT2D eigenvalue weighted by Crippen LogP contribution is -2.37. The van der Waals surface area contributed by atoms with Crippen LogP contribution >= 0.6 is 12.4 Å². The molecule has 0 radical (unpaired) electrons. The third kappa shape index (κ3) is 4.99. The molecule has 1 fully saturated rings. The van der Waals surface area contributed by atoms with Gasteiger partial charge in [0.2, 0.25) is 11.8 Å². The second kappa shape index (κ2) is 7.95. The normalized spacial score (nSPS) is 17.5. The monoisotopic (exact) mass is 315 g/mol. The van der Waals surface area contributed by atoms with Gasteiger partial charge in [0.1, 0.15) is 5.82 Å². The van der Waals surface area contributed by atoms with Crippen molar-refractivity contribution >= 4 is 35.6 Å². The van der Waals surface area contributed by atoms with Crippen LogP contribution in [0.15, 0.2) is 18.2 Å². The van der Waals surface area contributed by atoms with Crippen molar-refractivity contribution in [1.29, 1.82) is 0 Å². The van der Waals surface area contributed by atoms with E-state index in [2.05, 4.69) is 16.0 Å². The molecule has 2 rings (SSSR count). The Morgan fingerprint density at radius 2 is 2.10 bits per heavy atom. The van der Waals surface area contributed by atoms with Gasteiger partial charge in [-0.25, -0.2) is 4.39 Å². The van der Waals surface area contributed by atoms with Gasteiger partial charge in [-0.05, 0) is 37.6 Å². The molecule has 21 heavy (non-hydrogen) atoms. The molecule has 1 atom stereocenters. The number of carbonyl (C=O) groups is 2. The quantitative estimate of drug-likeness (QED) is 0.800. The van der Waals surface area contributed by atoms with E-state index in [1.54, 1.807) is 0 Å². The summed E-state index contributed by atoms with van der Waals surface area (Å²) in [5.74, 6) is -1.11. The minimum Gasteiger partial charge on any atom is -0.326 e. The minimum absolute atomic E-state index is 0. The highest BCUT2D eigenvalue weighted by Crippen LogP contribution is 2.21. The van der Waals surface area contributed by atoms with Crippen molar-refractivity contribution in [3.8, 4) is 0 Å². The number of rotatable bonds is 3. The zero-order valence-electron chi connectivity index (χ0n) is 11.7. The van der Waals surface area contributed by atoms with Gasteiger partial charge in [0.05, 0.1) is 11.6 Å². The highest BCUT2D eigenvalue weighted by molar-refractivity contribution is 5.94. The van der Waals surface area contributed by atoms with Crippen LogP contribution in [0.25, 0.3) is 0 Å². The summed E-state index contributed by atoms with van der Waals surface area (Å²) in [4.78, 5) is 23.0. The smallest absolute Gasteiger partial charge is 0.228 e. The molecule has 5 nitrogen and oxygen atoms in total. The molecule has 0 aliphatic carbocycles. The summed E-state index contributed by atoms with van der Waals surface area (Å²) >= 11 is 0. The van der Waals surface area contributed by atoms with E-state index in [1.165, 1.54) is 25.1 Å². The Labute approximate surface area is 129 Å². The lowest BCUT2D eigenvalue weighted by molar-refractivity contribution is -0.120. The predicted octanol–water partition coefficient (Wildman–Crippen LogP) is 2.14. The molecule has 0 saturated carbocycles. The second-order valence-corrected chi connectivity index (χ2v) is 4.91. The van der Waals surface area contributed by atoms with E-state index in [-0.39, 0.29) is 35.8 Å². The number of halogens is 2. The fourth-order valence-electron chi connectivity index (χ4n) is 2.21. The van der Waals surface area contributed by atoms with Crippen LogP contribution in [0.5, 0.6) is 0 Å². The van der Waals surface area contributed by atoms with Gasteiger partial charge in [-0.15, -0.1) is 12.4 Å². The highest BCUT2D eigenvalue weighted by atomic mass is 35.5. The van der Waals surface area contributed by atoms with Crippen molar-refractivity contribution in [3.63, 3.8) is 0 Å². The van der Waals surface area contributed by atoms with Crippen molar-refractivity contribution in [2.45, 2.75) is 19.8 Å². The average Bonchev–Trinajstić information content (AvgIpc) is 2.43. The number of hydrogen-bond acceptors (Lipinski definition) is 3. The molecule has 1 saturated heterocycles. The van der Waals surface area contributed by atoms with Gasteiger partial charge in [-0.3, -0.25) is 9.59 Å². The van der Waals surface area contributed by atoms with E-state index in [4.69, 9.17) is 0 Å². The zero-order chi connectivity index (χ0) is 14.5. The molecule has 1 aliphatic heterocycles. The Hall–Kier alpha value is -1.66. The van der Waals surface area contributed by atoms with Gasteiger partial charge in [-0.2, -0.15) is 0 Å². The fraction of sp³-hybridized carbons (Fsp3) is 0.429. The minimum atomic E-state index is -0.517. The zero-order valence-corrected chi connectivity index (χ0v) is 12.6. The molecule has 116 valence electrons. The van der Waals surface area contributed by atoms with E-state index in [0.29, 0.717) is 12.2 Å². The number of nitrogens with one attached hydrogen (secondary N) is 3. The molecular weight excluding hydrogens is 297 g/mol. The van der Waals surface area contributed by atoms with E-state index < -0.39 is 5.82 Å². The van der Waals surface area contributed by atoms with Gasteiger partial charge in [-0.1, -0.05) is 0 Å². The molecule has 1 aliphatic rings. The summed E-state index contributed by atoms with van der Waals surface area (Å²) in [6.07, 6.45) is 1.73. The summed E-state index contributed by atoms with van der Waals surface area (Å²) in [5.41, 5.74) is 0.544. The van der Waals surface area contributed by atoms with Crippen LogP contribution in [0, 0.1) is 11.7 Å². The summed E-state index contributed by atoms with van der Waals surface area (Å²) in [6, 6.07) is 4.10. The lowest BCUT2D eigenvalue weighted by atomic mass is 9.99. The van der Waals surface area contributed by atoms with Gasteiger partial charge < -0.3 is 16.0 Å². The van der Waals surface area contributed by atoms with Crippen LogP contribution in [0.4, 0.5) is 15.8 Å². The first-order chi connectivity index (χ1) is 9.56. The number of carbonyl (C=O) groups excluding carboxylic acids is 2. The molecule has 1 heterocycles. The van der Waals surface area contributed by atoms with Crippen LogP contribution < -0.4 is 16.0 Å². The Morgan fingerprint density at radius 3 is 2.71 bits per heavy atom. The molecule has 0 spiro atoms. The first-order valence-electron chi connectivity index (χ1n) is 6.65. The maximum Gasteiger partial charge on any atom is 0.228 e. The Kier molecular flexibility index (Phi) is 6.58. The van der Waals surface area contributed by atoms with Crippen molar-refractivity contribution in [2.24, 2.45) is 5.92 Å². The number of benzene rings is 1. The molecule has 0 aromatic heterocycles. The number of hydrogen-bond donors (Lipinski definition) is 3. The predicted molar refractivity (Wildman–Crippen MR) is 82.2 cm³/mol. The van der Waals surface area contributed by atoms with Crippen LogP contribution in [0.1, 0.15) is 19.8 Å². The van der Waals surface area contributed by atoms with Crippen LogP contribution in [0.2, 0.25) is 0 Å². The van der Waals surface area contributed by atoms with Crippen LogP contribution in [0.3, 0.4) is 0 Å². The van der Waals surface area contributed by atoms with E-state index >= 15 is 0 Å². The largest absolute Gasteiger partial charge is 0.326 e. The fourth-order valence-corrected chi connectivity index (χ4v) is 2.21. The lowest BCUT2D eigenvalue weighted by Gasteiger charge is -2.22. The van der Waals surface area contributed by atoms with Crippen molar-refractivity contribution < 1.29 is 14.0 Å². The molecule has 2 amide bonds. The van der Waals surface area contributed by atoms with Crippen LogP contribution in [-0.4, -0.2) is 24.9 Å². The molecule has 1 aromatic rings. The molecule has 7 heteroatoms. The molecule has 0 unspecified atom stereocenters. The van der Waals surface area contributed by atoms with Gasteiger partial charge in [0.15, 0.2) is 0 Å². The first-order valence-corrected chi connectivity index (χ1v) is 6.65. The first kappa shape index (κ1) is 17.4. The Balaban J connectivity index is 0.00000220. The van der Waals surface area contributed by atoms with Gasteiger partial charge >= 0.3 is 0 Å². The van der Waals surface area contributed by atoms with E-state index in [0.717, 1.165) is 19.4 Å². The SMILES string of the molecule is CC(=O)Nc1ccc(F)c(NC(=O)[C@@H]2CCCNC2)c1.Cl. The topological polar surface area (TPSA) is 70.2 Å². The highest BCUT2D eigenvalue weighted by Gasteiger charge is 2.21. The van der Waals surface area contributed by atoms with Crippen LogP contribution in [-0.2, 0) is 9.59 Å². The molecule has 3 N–H and O–H groups in total. The Bertz CT molecular complexity index is 519.